The first-order chi connectivity index (χ1) is 14.4. The minimum absolute atomic E-state index is 0.212. The summed E-state index contributed by atoms with van der Waals surface area (Å²) >= 11 is 5.86. The molecule has 30 heavy (non-hydrogen) atoms. The van der Waals surface area contributed by atoms with Crippen molar-refractivity contribution >= 4 is 33.2 Å². The third kappa shape index (κ3) is 4.41. The average molecular weight is 441 g/mol. The van der Waals surface area contributed by atoms with Gasteiger partial charge in [-0.25, -0.2) is 8.42 Å². The Bertz CT molecular complexity index is 1140. The molecule has 4 rings (SSSR count). The van der Waals surface area contributed by atoms with Crippen LogP contribution in [0.25, 0.3) is 11.1 Å². The third-order valence-corrected chi connectivity index (χ3v) is 7.30. The summed E-state index contributed by atoms with van der Waals surface area (Å²) in [5, 5.41) is 3.43. The molecule has 0 saturated carbocycles. The molecule has 0 unspecified atom stereocenters. The number of carbonyl (C=O) groups excluding carboxylic acids is 1. The van der Waals surface area contributed by atoms with Gasteiger partial charge >= 0.3 is 0 Å². The van der Waals surface area contributed by atoms with Gasteiger partial charge in [-0.15, -0.1) is 0 Å². The van der Waals surface area contributed by atoms with Gasteiger partial charge in [0.15, 0.2) is 0 Å². The minimum Gasteiger partial charge on any atom is -0.322 e. The van der Waals surface area contributed by atoms with Crippen molar-refractivity contribution in [2.24, 2.45) is 0 Å². The highest BCUT2D eigenvalue weighted by atomic mass is 35.5. The summed E-state index contributed by atoms with van der Waals surface area (Å²) in [5.41, 5.74) is 2.99. The predicted octanol–water partition coefficient (Wildman–Crippen LogP) is 5.04. The Morgan fingerprint density at radius 2 is 1.33 bits per heavy atom. The van der Waals surface area contributed by atoms with E-state index in [2.05, 4.69) is 5.32 Å². The zero-order valence-electron chi connectivity index (χ0n) is 16.2. The Morgan fingerprint density at radius 1 is 0.800 bits per heavy atom. The number of benzene rings is 3. The van der Waals surface area contributed by atoms with Crippen LogP contribution in [0.2, 0.25) is 5.02 Å². The van der Waals surface area contributed by atoms with E-state index >= 15 is 0 Å². The molecule has 154 valence electrons. The van der Waals surface area contributed by atoms with Crippen molar-refractivity contribution in [1.29, 1.82) is 0 Å². The number of nitrogens with zero attached hydrogens (tertiary/aromatic N) is 1. The maximum absolute atomic E-state index is 12.6. The second-order valence-corrected chi connectivity index (χ2v) is 9.55. The van der Waals surface area contributed by atoms with Crippen molar-refractivity contribution < 1.29 is 13.2 Å². The van der Waals surface area contributed by atoms with E-state index < -0.39 is 10.0 Å². The highest BCUT2D eigenvalue weighted by Gasteiger charge is 2.26. The van der Waals surface area contributed by atoms with Crippen LogP contribution in [0.3, 0.4) is 0 Å². The molecule has 0 atom stereocenters. The Morgan fingerprint density at radius 3 is 1.90 bits per heavy atom. The van der Waals surface area contributed by atoms with Gasteiger partial charge in [-0.1, -0.05) is 35.9 Å². The molecule has 0 aliphatic carbocycles. The maximum Gasteiger partial charge on any atom is 0.255 e. The van der Waals surface area contributed by atoms with Crippen LogP contribution in [0.5, 0.6) is 0 Å². The van der Waals surface area contributed by atoms with Crippen LogP contribution < -0.4 is 5.32 Å². The summed E-state index contributed by atoms with van der Waals surface area (Å²) in [6.45, 7) is 1.17. The maximum atomic E-state index is 12.6. The van der Waals surface area contributed by atoms with Crippen LogP contribution in [0.15, 0.2) is 77.7 Å². The van der Waals surface area contributed by atoms with Crippen LogP contribution in [0, 0.1) is 0 Å². The van der Waals surface area contributed by atoms with Gasteiger partial charge in [-0.2, -0.15) is 4.31 Å². The Hall–Kier alpha value is -2.67. The van der Waals surface area contributed by atoms with Gasteiger partial charge in [-0.3, -0.25) is 4.79 Å². The van der Waals surface area contributed by atoms with Crippen LogP contribution in [-0.2, 0) is 10.0 Å². The average Bonchev–Trinajstić information content (AvgIpc) is 3.31. The molecule has 7 heteroatoms. The second kappa shape index (κ2) is 8.60. The third-order valence-electron chi connectivity index (χ3n) is 5.14. The monoisotopic (exact) mass is 440 g/mol. The molecule has 1 N–H and O–H groups in total. The number of carbonyl (C=O) groups is 1. The fourth-order valence-electron chi connectivity index (χ4n) is 3.45. The largest absolute Gasteiger partial charge is 0.322 e. The standard InChI is InChI=1S/C23H21ClN2O3S/c24-20-9-11-21(12-10-20)25-23(27)19-5-3-17(4-6-19)18-7-13-22(14-8-18)30(28,29)26-15-1-2-16-26/h3-14H,1-2,15-16H2,(H,25,27). The van der Waals surface area contributed by atoms with E-state index in [0.29, 0.717) is 34.3 Å². The summed E-state index contributed by atoms with van der Waals surface area (Å²) in [6, 6.07) is 21.0. The van der Waals surface area contributed by atoms with Crippen molar-refractivity contribution in [2.45, 2.75) is 17.7 Å². The quantitative estimate of drug-likeness (QED) is 0.604. The SMILES string of the molecule is O=C(Nc1ccc(Cl)cc1)c1ccc(-c2ccc(S(=O)(=O)N3CCCC3)cc2)cc1. The molecule has 1 aliphatic heterocycles. The van der Waals surface area contributed by atoms with E-state index in [9.17, 15) is 13.2 Å². The number of sulfonamides is 1. The first-order valence-electron chi connectivity index (χ1n) is 9.71. The predicted molar refractivity (Wildman–Crippen MR) is 119 cm³/mol. The van der Waals surface area contributed by atoms with Gasteiger partial charge in [0, 0.05) is 29.4 Å². The van der Waals surface area contributed by atoms with Crippen molar-refractivity contribution in [2.75, 3.05) is 18.4 Å². The smallest absolute Gasteiger partial charge is 0.255 e. The number of hydrogen-bond donors (Lipinski definition) is 1. The van der Waals surface area contributed by atoms with Gasteiger partial charge in [0.2, 0.25) is 10.0 Å². The van der Waals surface area contributed by atoms with Crippen LogP contribution in [0.4, 0.5) is 5.69 Å². The number of amides is 1. The molecule has 1 saturated heterocycles. The molecule has 1 heterocycles. The number of nitrogens with one attached hydrogen (secondary N) is 1. The van der Waals surface area contributed by atoms with E-state index in [1.165, 1.54) is 4.31 Å². The zero-order valence-corrected chi connectivity index (χ0v) is 17.8. The van der Waals surface area contributed by atoms with Crippen molar-refractivity contribution in [3.8, 4) is 11.1 Å². The molecule has 1 fully saturated rings. The van der Waals surface area contributed by atoms with E-state index in [1.54, 1.807) is 60.7 Å². The molecule has 3 aromatic rings. The summed E-state index contributed by atoms with van der Waals surface area (Å²) in [6.07, 6.45) is 1.82. The highest BCUT2D eigenvalue weighted by Crippen LogP contribution is 2.25. The lowest BCUT2D eigenvalue weighted by Crippen LogP contribution is -2.27. The molecule has 1 aliphatic rings. The van der Waals surface area contributed by atoms with Gasteiger partial charge in [0.1, 0.15) is 0 Å². The van der Waals surface area contributed by atoms with Crippen molar-refractivity contribution in [3.05, 3.63) is 83.4 Å². The molecule has 0 aromatic heterocycles. The second-order valence-electron chi connectivity index (χ2n) is 7.17. The normalized spacial score (nSPS) is 14.6. The topological polar surface area (TPSA) is 66.5 Å². The summed E-state index contributed by atoms with van der Waals surface area (Å²) in [5.74, 6) is -0.212. The van der Waals surface area contributed by atoms with E-state index in [-0.39, 0.29) is 5.91 Å². The molecule has 0 radical (unpaired) electrons. The Kier molecular flexibility index (Phi) is 5.90. The van der Waals surface area contributed by atoms with Crippen molar-refractivity contribution in [3.63, 3.8) is 0 Å². The summed E-state index contributed by atoms with van der Waals surface area (Å²) in [7, 11) is -3.42. The molecule has 0 bridgehead atoms. The zero-order chi connectivity index (χ0) is 21.1. The van der Waals surface area contributed by atoms with E-state index in [1.807, 2.05) is 12.1 Å². The van der Waals surface area contributed by atoms with Crippen LogP contribution >= 0.6 is 11.6 Å². The van der Waals surface area contributed by atoms with Crippen LogP contribution in [0.1, 0.15) is 23.2 Å². The first-order valence-corrected chi connectivity index (χ1v) is 11.5. The number of halogens is 1. The van der Waals surface area contributed by atoms with Gasteiger partial charge in [0.25, 0.3) is 5.91 Å². The molecule has 1 amide bonds. The highest BCUT2D eigenvalue weighted by molar-refractivity contribution is 7.89. The molecule has 5 nitrogen and oxygen atoms in total. The molecular weight excluding hydrogens is 420 g/mol. The van der Waals surface area contributed by atoms with Gasteiger partial charge in [-0.05, 0) is 72.5 Å². The Balaban J connectivity index is 1.47. The van der Waals surface area contributed by atoms with E-state index in [4.69, 9.17) is 11.6 Å². The minimum atomic E-state index is -3.42. The van der Waals surface area contributed by atoms with Crippen molar-refractivity contribution in [1.82, 2.24) is 4.31 Å². The molecule has 3 aromatic carbocycles. The number of hydrogen-bond acceptors (Lipinski definition) is 3. The van der Waals surface area contributed by atoms with Gasteiger partial charge < -0.3 is 5.32 Å². The lowest BCUT2D eigenvalue weighted by atomic mass is 10.0. The van der Waals surface area contributed by atoms with E-state index in [0.717, 1.165) is 24.0 Å². The number of anilines is 1. The Labute approximate surface area is 181 Å². The van der Waals surface area contributed by atoms with Crippen LogP contribution in [-0.4, -0.2) is 31.7 Å². The summed E-state index contributed by atoms with van der Waals surface area (Å²) < 4.78 is 26.8. The van der Waals surface area contributed by atoms with Gasteiger partial charge in [0.05, 0.1) is 4.90 Å². The molecule has 0 spiro atoms. The lowest BCUT2D eigenvalue weighted by Gasteiger charge is -2.15. The first kappa shape index (κ1) is 20.6. The molecular formula is C23H21ClN2O3S. The summed E-state index contributed by atoms with van der Waals surface area (Å²) in [4.78, 5) is 12.7. The fourth-order valence-corrected chi connectivity index (χ4v) is 5.09. The lowest BCUT2D eigenvalue weighted by molar-refractivity contribution is 0.102. The number of rotatable bonds is 5. The fraction of sp³-hybridized carbons (Fsp3) is 0.174.